The zero-order chi connectivity index (χ0) is 11.7. The van der Waals surface area contributed by atoms with E-state index in [2.05, 4.69) is 21.8 Å². The first-order chi connectivity index (χ1) is 8.33. The van der Waals surface area contributed by atoms with Gasteiger partial charge in [-0.1, -0.05) is 23.7 Å². The molecule has 0 aliphatic rings. The maximum atomic E-state index is 5.87. The minimum atomic E-state index is 0.753. The van der Waals surface area contributed by atoms with Gasteiger partial charge in [0.25, 0.3) is 0 Å². The Kier molecular flexibility index (Phi) is 2.97. The van der Waals surface area contributed by atoms with Gasteiger partial charge >= 0.3 is 0 Å². The van der Waals surface area contributed by atoms with Gasteiger partial charge in [-0.25, -0.2) is 4.98 Å². The van der Waals surface area contributed by atoms with E-state index >= 15 is 0 Å². The van der Waals surface area contributed by atoms with Crippen molar-refractivity contribution in [2.24, 2.45) is 0 Å². The monoisotopic (exact) mass is 277 g/mol. The molecule has 0 saturated heterocycles. The second-order valence-electron chi connectivity index (χ2n) is 3.55. The second kappa shape index (κ2) is 4.61. The number of hydrogen-bond acceptors (Lipinski definition) is 3. The normalized spacial score (nSPS) is 10.6. The summed E-state index contributed by atoms with van der Waals surface area (Å²) in [6.45, 7) is 0. The molecule has 0 aliphatic carbocycles. The van der Waals surface area contributed by atoms with E-state index < -0.39 is 0 Å². The minimum Gasteiger partial charge on any atom is -0.244 e. The molecule has 0 atom stereocenters. The number of rotatable bonds is 2. The van der Waals surface area contributed by atoms with Crippen molar-refractivity contribution in [1.82, 2.24) is 4.98 Å². The van der Waals surface area contributed by atoms with Crippen molar-refractivity contribution in [2.45, 2.75) is 0 Å². The lowest BCUT2D eigenvalue weighted by molar-refractivity contribution is 1.41. The largest absolute Gasteiger partial charge is 0.244 e. The molecule has 0 spiro atoms. The van der Waals surface area contributed by atoms with Crippen LogP contribution in [0.4, 0.5) is 0 Å². The van der Waals surface area contributed by atoms with Gasteiger partial charge in [-0.2, -0.15) is 11.3 Å². The van der Waals surface area contributed by atoms with Crippen LogP contribution < -0.4 is 0 Å². The van der Waals surface area contributed by atoms with Crippen LogP contribution in [0.2, 0.25) is 5.02 Å². The van der Waals surface area contributed by atoms with E-state index in [1.807, 2.05) is 30.5 Å². The predicted octanol–water partition coefficient (Wildman–Crippen LogP) is 5.19. The Morgan fingerprint density at radius 3 is 2.53 bits per heavy atom. The summed E-state index contributed by atoms with van der Waals surface area (Å²) >= 11 is 9.27. The molecule has 0 amide bonds. The Labute approximate surface area is 112 Å². The van der Waals surface area contributed by atoms with Crippen LogP contribution >= 0.6 is 34.3 Å². The minimum absolute atomic E-state index is 0.753. The smallest absolute Gasteiger partial charge is 0.123 e. The first-order valence-corrected chi connectivity index (χ1v) is 7.21. The van der Waals surface area contributed by atoms with Gasteiger partial charge in [0.1, 0.15) is 5.01 Å². The fourth-order valence-corrected chi connectivity index (χ4v) is 3.31. The van der Waals surface area contributed by atoms with Gasteiger partial charge in [0.05, 0.1) is 4.88 Å². The summed E-state index contributed by atoms with van der Waals surface area (Å²) in [6, 6.07) is 9.89. The van der Waals surface area contributed by atoms with E-state index in [0.717, 1.165) is 15.6 Å². The Bertz CT molecular complexity index is 611. The van der Waals surface area contributed by atoms with Crippen molar-refractivity contribution in [3.05, 3.63) is 52.3 Å². The molecule has 0 unspecified atom stereocenters. The summed E-state index contributed by atoms with van der Waals surface area (Å²) in [7, 11) is 0. The highest BCUT2D eigenvalue weighted by molar-refractivity contribution is 7.18. The maximum absolute atomic E-state index is 5.87. The van der Waals surface area contributed by atoms with Crippen LogP contribution in [-0.4, -0.2) is 4.98 Å². The molecule has 17 heavy (non-hydrogen) atoms. The molecular formula is C13H8ClNS2. The SMILES string of the molecule is Clc1ccc(-c2ncc(-c3ccsc3)s2)cc1. The predicted molar refractivity (Wildman–Crippen MR) is 75.9 cm³/mol. The second-order valence-corrected chi connectivity index (χ2v) is 5.80. The third-order valence-electron chi connectivity index (χ3n) is 2.40. The molecule has 0 saturated carbocycles. The molecule has 1 aromatic carbocycles. The maximum Gasteiger partial charge on any atom is 0.123 e. The lowest BCUT2D eigenvalue weighted by atomic mass is 10.2. The molecule has 0 aliphatic heterocycles. The van der Waals surface area contributed by atoms with E-state index in [-0.39, 0.29) is 0 Å². The molecule has 0 radical (unpaired) electrons. The van der Waals surface area contributed by atoms with Crippen molar-refractivity contribution < 1.29 is 0 Å². The van der Waals surface area contributed by atoms with E-state index in [1.165, 1.54) is 10.4 Å². The van der Waals surface area contributed by atoms with Crippen LogP contribution in [0, 0.1) is 0 Å². The highest BCUT2D eigenvalue weighted by atomic mass is 35.5. The van der Waals surface area contributed by atoms with Crippen LogP contribution in [0.3, 0.4) is 0 Å². The topological polar surface area (TPSA) is 12.9 Å². The molecular weight excluding hydrogens is 270 g/mol. The molecule has 3 aromatic rings. The number of thiophene rings is 1. The van der Waals surface area contributed by atoms with Crippen LogP contribution in [0.25, 0.3) is 21.0 Å². The summed E-state index contributed by atoms with van der Waals surface area (Å²) in [5.41, 5.74) is 2.36. The summed E-state index contributed by atoms with van der Waals surface area (Å²) < 4.78 is 0. The number of aromatic nitrogens is 1. The fraction of sp³-hybridized carbons (Fsp3) is 0. The van der Waals surface area contributed by atoms with Crippen molar-refractivity contribution in [3.63, 3.8) is 0 Å². The Morgan fingerprint density at radius 1 is 1.00 bits per heavy atom. The van der Waals surface area contributed by atoms with Gasteiger partial charge in [-0.15, -0.1) is 11.3 Å². The standard InChI is InChI=1S/C13H8ClNS2/c14-11-3-1-9(2-4-11)13-15-7-12(17-13)10-5-6-16-8-10/h1-8H. The summed E-state index contributed by atoms with van der Waals surface area (Å²) in [5.74, 6) is 0. The number of thiazole rings is 1. The molecule has 3 rings (SSSR count). The summed E-state index contributed by atoms with van der Waals surface area (Å²) in [6.07, 6.45) is 1.93. The third kappa shape index (κ3) is 2.27. The molecule has 2 aromatic heterocycles. The average molecular weight is 278 g/mol. The lowest BCUT2D eigenvalue weighted by Gasteiger charge is -1.95. The molecule has 0 bridgehead atoms. The van der Waals surface area contributed by atoms with Crippen molar-refractivity contribution in [2.75, 3.05) is 0 Å². The average Bonchev–Trinajstić information content (AvgIpc) is 3.00. The van der Waals surface area contributed by atoms with E-state index in [9.17, 15) is 0 Å². The molecule has 4 heteroatoms. The first-order valence-electron chi connectivity index (χ1n) is 5.07. The Balaban J connectivity index is 1.98. The number of hydrogen-bond donors (Lipinski definition) is 0. The van der Waals surface area contributed by atoms with Crippen molar-refractivity contribution >= 4 is 34.3 Å². The van der Waals surface area contributed by atoms with E-state index in [4.69, 9.17) is 11.6 Å². The molecule has 0 fully saturated rings. The zero-order valence-corrected chi connectivity index (χ0v) is 11.1. The van der Waals surface area contributed by atoms with Gasteiger partial charge in [0.15, 0.2) is 0 Å². The molecule has 84 valence electrons. The lowest BCUT2D eigenvalue weighted by Crippen LogP contribution is -1.73. The Hall–Kier alpha value is -1.16. The Morgan fingerprint density at radius 2 is 1.82 bits per heavy atom. The van der Waals surface area contributed by atoms with Crippen molar-refractivity contribution in [1.29, 1.82) is 0 Å². The summed E-state index contributed by atoms with van der Waals surface area (Å²) in [5, 5.41) is 6.00. The van der Waals surface area contributed by atoms with Crippen molar-refractivity contribution in [3.8, 4) is 21.0 Å². The molecule has 0 N–H and O–H groups in total. The van der Waals surface area contributed by atoms with E-state index in [0.29, 0.717) is 0 Å². The fourth-order valence-electron chi connectivity index (χ4n) is 1.54. The van der Waals surface area contributed by atoms with Crippen LogP contribution in [0.1, 0.15) is 0 Å². The molecule has 1 nitrogen and oxygen atoms in total. The van der Waals surface area contributed by atoms with Crippen LogP contribution in [0.5, 0.6) is 0 Å². The van der Waals surface area contributed by atoms with Gasteiger partial charge in [0, 0.05) is 22.3 Å². The zero-order valence-electron chi connectivity index (χ0n) is 8.76. The molecule has 2 heterocycles. The summed E-state index contributed by atoms with van der Waals surface area (Å²) in [4.78, 5) is 5.66. The highest BCUT2D eigenvalue weighted by Crippen LogP contribution is 2.33. The quantitative estimate of drug-likeness (QED) is 0.628. The first kappa shape index (κ1) is 11.0. The van der Waals surface area contributed by atoms with Crippen LogP contribution in [0.15, 0.2) is 47.3 Å². The number of halogens is 1. The highest BCUT2D eigenvalue weighted by Gasteiger charge is 2.06. The number of nitrogens with zero attached hydrogens (tertiary/aromatic N) is 1. The van der Waals surface area contributed by atoms with Crippen LogP contribution in [-0.2, 0) is 0 Å². The number of benzene rings is 1. The van der Waals surface area contributed by atoms with Gasteiger partial charge < -0.3 is 0 Å². The van der Waals surface area contributed by atoms with Gasteiger partial charge in [0.2, 0.25) is 0 Å². The van der Waals surface area contributed by atoms with Gasteiger partial charge in [-0.3, -0.25) is 0 Å². The van der Waals surface area contributed by atoms with Gasteiger partial charge in [-0.05, 0) is 29.0 Å². The third-order valence-corrected chi connectivity index (χ3v) is 4.43. The van der Waals surface area contributed by atoms with E-state index in [1.54, 1.807) is 22.7 Å².